The van der Waals surface area contributed by atoms with E-state index in [1.54, 1.807) is 28.8 Å². The molecule has 6 rings (SSSR count). The zero-order chi connectivity index (χ0) is 24.2. The molecular weight excluding hydrogens is 465 g/mol. The molecule has 2 bridgehead atoms. The van der Waals surface area contributed by atoms with Crippen molar-refractivity contribution in [1.29, 1.82) is 0 Å². The maximum atomic E-state index is 12.8. The highest BCUT2D eigenvalue weighted by Gasteiger charge is 2.56. The lowest BCUT2D eigenvalue weighted by Gasteiger charge is -2.32. The van der Waals surface area contributed by atoms with Crippen LogP contribution in [0.2, 0.25) is 0 Å². The summed E-state index contributed by atoms with van der Waals surface area (Å²) in [5.41, 5.74) is -0.528. The van der Waals surface area contributed by atoms with Crippen LogP contribution in [0.25, 0.3) is 0 Å². The standard InChI is InChI=1S/C24H21F3N4O4/c25-24(26,27)19-9-17(5-7-28-19)35-16-3-1-15(2-4-16)6-8-33-20-10-21-30(22(32)29-20)13-23-11-18(34-14-23)12-31(21)23/h1-5,7,9-10,18H,6,8,11-14H2/t18-,23+/m0/s1. The van der Waals surface area contributed by atoms with Crippen LogP contribution in [0.3, 0.4) is 0 Å². The van der Waals surface area contributed by atoms with E-state index in [1.165, 1.54) is 6.07 Å². The van der Waals surface area contributed by atoms with Gasteiger partial charge in [-0.25, -0.2) is 4.79 Å². The minimum Gasteiger partial charge on any atom is -0.477 e. The number of hydrogen-bond acceptors (Lipinski definition) is 7. The molecule has 0 aliphatic carbocycles. The molecule has 1 spiro atoms. The number of rotatable bonds is 6. The Balaban J connectivity index is 1.07. The normalized spacial score (nSPS) is 22.3. The first-order chi connectivity index (χ1) is 16.8. The van der Waals surface area contributed by atoms with Crippen molar-refractivity contribution < 1.29 is 27.4 Å². The molecule has 0 saturated carbocycles. The van der Waals surface area contributed by atoms with Gasteiger partial charge in [0.05, 0.1) is 31.4 Å². The molecule has 5 heterocycles. The van der Waals surface area contributed by atoms with Gasteiger partial charge in [0.1, 0.15) is 23.0 Å². The van der Waals surface area contributed by atoms with E-state index < -0.39 is 11.9 Å². The molecule has 8 nitrogen and oxygen atoms in total. The first-order valence-electron chi connectivity index (χ1n) is 11.2. The second kappa shape index (κ2) is 7.98. The van der Waals surface area contributed by atoms with Crippen LogP contribution in [-0.4, -0.2) is 45.9 Å². The average molecular weight is 486 g/mol. The van der Waals surface area contributed by atoms with Crippen molar-refractivity contribution >= 4 is 5.82 Å². The molecule has 2 aromatic heterocycles. The molecular formula is C24H21F3N4O4. The van der Waals surface area contributed by atoms with Crippen LogP contribution >= 0.6 is 0 Å². The number of nitrogens with zero attached hydrogens (tertiary/aromatic N) is 4. The van der Waals surface area contributed by atoms with Crippen molar-refractivity contribution in [1.82, 2.24) is 14.5 Å². The topological polar surface area (TPSA) is 78.7 Å². The molecule has 11 heteroatoms. The molecule has 3 aliphatic rings. The molecule has 0 N–H and O–H groups in total. The van der Waals surface area contributed by atoms with Gasteiger partial charge in [-0.05, 0) is 23.8 Å². The van der Waals surface area contributed by atoms with Gasteiger partial charge in [-0.3, -0.25) is 9.55 Å². The largest absolute Gasteiger partial charge is 0.477 e. The number of pyridine rings is 1. The second-order valence-electron chi connectivity index (χ2n) is 9.01. The van der Waals surface area contributed by atoms with E-state index in [9.17, 15) is 18.0 Å². The number of ether oxygens (including phenoxy) is 3. The summed E-state index contributed by atoms with van der Waals surface area (Å²) in [6.07, 6.45) is -1.78. The maximum absolute atomic E-state index is 12.8. The van der Waals surface area contributed by atoms with Gasteiger partial charge in [0.15, 0.2) is 0 Å². The Morgan fingerprint density at radius 1 is 1.14 bits per heavy atom. The number of anilines is 1. The van der Waals surface area contributed by atoms with E-state index >= 15 is 0 Å². The van der Waals surface area contributed by atoms with Gasteiger partial charge in [-0.15, -0.1) is 0 Å². The van der Waals surface area contributed by atoms with Gasteiger partial charge >= 0.3 is 11.9 Å². The summed E-state index contributed by atoms with van der Waals surface area (Å²) in [6.45, 7) is 2.30. The summed E-state index contributed by atoms with van der Waals surface area (Å²) in [5, 5.41) is 0. The highest BCUT2D eigenvalue weighted by Crippen LogP contribution is 2.46. The molecule has 2 fully saturated rings. The Hall–Kier alpha value is -3.60. The maximum Gasteiger partial charge on any atom is 0.433 e. The zero-order valence-electron chi connectivity index (χ0n) is 18.5. The summed E-state index contributed by atoms with van der Waals surface area (Å²) in [7, 11) is 0. The van der Waals surface area contributed by atoms with Crippen LogP contribution in [-0.2, 0) is 23.9 Å². The second-order valence-corrected chi connectivity index (χ2v) is 9.01. The van der Waals surface area contributed by atoms with Crippen LogP contribution in [0, 0.1) is 0 Å². The molecule has 0 unspecified atom stereocenters. The number of alkyl halides is 3. The van der Waals surface area contributed by atoms with Gasteiger partial charge in [0, 0.05) is 37.7 Å². The summed E-state index contributed by atoms with van der Waals surface area (Å²) >= 11 is 0. The average Bonchev–Trinajstić information content (AvgIpc) is 3.49. The van der Waals surface area contributed by atoms with Gasteiger partial charge in [-0.2, -0.15) is 18.2 Å². The Labute approximate surface area is 197 Å². The summed E-state index contributed by atoms with van der Waals surface area (Å²) in [6, 6.07) is 11.0. The molecule has 1 aromatic carbocycles. The third-order valence-corrected chi connectivity index (χ3v) is 6.67. The van der Waals surface area contributed by atoms with Crippen molar-refractivity contribution in [3.63, 3.8) is 0 Å². The fourth-order valence-corrected chi connectivity index (χ4v) is 5.03. The third-order valence-electron chi connectivity index (χ3n) is 6.67. The molecule has 0 amide bonds. The quantitative estimate of drug-likeness (QED) is 0.528. The zero-order valence-corrected chi connectivity index (χ0v) is 18.5. The minimum absolute atomic E-state index is 0.0527. The van der Waals surface area contributed by atoms with E-state index in [4.69, 9.17) is 14.2 Å². The van der Waals surface area contributed by atoms with Crippen LogP contribution in [0.15, 0.2) is 53.5 Å². The molecule has 182 valence electrons. The van der Waals surface area contributed by atoms with E-state index in [-0.39, 0.29) is 23.1 Å². The van der Waals surface area contributed by atoms with E-state index in [2.05, 4.69) is 14.9 Å². The van der Waals surface area contributed by atoms with Crippen molar-refractivity contribution in [3.8, 4) is 17.4 Å². The number of hydrogen-bond donors (Lipinski definition) is 0. The highest BCUT2D eigenvalue weighted by atomic mass is 19.4. The van der Waals surface area contributed by atoms with Gasteiger partial charge in [0.2, 0.25) is 5.88 Å². The Morgan fingerprint density at radius 2 is 1.97 bits per heavy atom. The summed E-state index contributed by atoms with van der Waals surface area (Å²) < 4.78 is 57.2. The molecule has 2 saturated heterocycles. The van der Waals surface area contributed by atoms with Gasteiger partial charge in [0.25, 0.3) is 0 Å². The summed E-state index contributed by atoms with van der Waals surface area (Å²) in [5.74, 6) is 1.58. The van der Waals surface area contributed by atoms with E-state index in [0.717, 1.165) is 36.6 Å². The first kappa shape index (κ1) is 21.9. The Morgan fingerprint density at radius 3 is 2.74 bits per heavy atom. The van der Waals surface area contributed by atoms with Crippen LogP contribution in [0.5, 0.6) is 17.4 Å². The lowest BCUT2D eigenvalue weighted by molar-refractivity contribution is -0.141. The number of fused-ring (bicyclic) bond motifs is 3. The number of halogens is 3. The van der Waals surface area contributed by atoms with E-state index in [0.29, 0.717) is 37.8 Å². The van der Waals surface area contributed by atoms with E-state index in [1.807, 2.05) is 6.07 Å². The SMILES string of the molecule is O=c1nc(OCCc2ccc(Oc3ccnc(C(F)(F)F)c3)cc2)cc2n1C[C@]13CO[C@H](CN21)C3. The fourth-order valence-electron chi connectivity index (χ4n) is 5.03. The molecule has 2 atom stereocenters. The van der Waals surface area contributed by atoms with Crippen molar-refractivity contribution in [2.24, 2.45) is 0 Å². The van der Waals surface area contributed by atoms with Crippen molar-refractivity contribution in [2.75, 3.05) is 24.7 Å². The van der Waals surface area contributed by atoms with Gasteiger partial charge in [-0.1, -0.05) is 12.1 Å². The third kappa shape index (κ3) is 3.99. The first-order valence-corrected chi connectivity index (χ1v) is 11.2. The van der Waals surface area contributed by atoms with Crippen LogP contribution in [0.1, 0.15) is 17.7 Å². The smallest absolute Gasteiger partial charge is 0.433 e. The molecule has 35 heavy (non-hydrogen) atoms. The Bertz CT molecular complexity index is 1330. The number of benzene rings is 1. The predicted molar refractivity (Wildman–Crippen MR) is 118 cm³/mol. The minimum atomic E-state index is -4.54. The number of morpholine rings is 1. The Kier molecular flexibility index (Phi) is 4.99. The van der Waals surface area contributed by atoms with Gasteiger partial charge < -0.3 is 19.1 Å². The summed E-state index contributed by atoms with van der Waals surface area (Å²) in [4.78, 5) is 22.2. The fraction of sp³-hybridized carbons (Fsp3) is 0.375. The molecule has 3 aliphatic heterocycles. The molecule has 3 aromatic rings. The lowest BCUT2D eigenvalue weighted by Crippen LogP contribution is -2.46. The monoisotopic (exact) mass is 486 g/mol. The van der Waals surface area contributed by atoms with Crippen LogP contribution < -0.4 is 20.1 Å². The van der Waals surface area contributed by atoms with Crippen molar-refractivity contribution in [3.05, 3.63) is 70.4 Å². The number of aromatic nitrogens is 3. The molecule has 0 radical (unpaired) electrons. The highest BCUT2D eigenvalue weighted by molar-refractivity contribution is 5.52. The predicted octanol–water partition coefficient (Wildman–Crippen LogP) is 3.43. The van der Waals surface area contributed by atoms with Crippen molar-refractivity contribution in [2.45, 2.75) is 37.2 Å². The van der Waals surface area contributed by atoms with Crippen LogP contribution in [0.4, 0.5) is 19.0 Å². The lowest BCUT2D eigenvalue weighted by atomic mass is 10.0.